The number of aromatic nitrogens is 3. The van der Waals surface area contributed by atoms with E-state index in [0.717, 1.165) is 5.56 Å². The number of hydrogen-bond acceptors (Lipinski definition) is 12. The number of nitrogens with two attached hydrogens (primary N) is 1. The molecule has 3 aromatic heterocycles. The normalized spacial score (nSPS) is 12.7. The van der Waals surface area contributed by atoms with E-state index in [1.165, 1.54) is 27.7 Å². The van der Waals surface area contributed by atoms with Crippen molar-refractivity contribution in [3.8, 4) is 0 Å². The molecule has 0 fully saturated rings. The third kappa shape index (κ3) is 9.26. The fourth-order valence-corrected chi connectivity index (χ4v) is 4.42. The average Bonchev–Trinajstić information content (AvgIpc) is 3.60. The molecule has 16 nitrogen and oxygen atoms in total. The van der Waals surface area contributed by atoms with Gasteiger partial charge in [0.15, 0.2) is 29.6 Å². The van der Waals surface area contributed by atoms with Crippen LogP contribution in [-0.2, 0) is 48.4 Å². The first-order chi connectivity index (χ1) is 22.3. The van der Waals surface area contributed by atoms with Gasteiger partial charge in [-0.25, -0.2) is 9.59 Å². The summed E-state index contributed by atoms with van der Waals surface area (Å²) in [5.41, 5.74) is 5.49. The van der Waals surface area contributed by atoms with Crippen LogP contribution >= 0.6 is 0 Å². The Morgan fingerprint density at radius 3 is 2.40 bits per heavy atom. The smallest absolute Gasteiger partial charge is 0.459 e. The number of nitrogens with zero attached hydrogens (tertiary/aromatic N) is 3. The van der Waals surface area contributed by atoms with Crippen molar-refractivity contribution >= 4 is 29.5 Å². The van der Waals surface area contributed by atoms with Gasteiger partial charge < -0.3 is 39.4 Å². The SMILES string of the molecule is Cc1oc(=O)oc1COC(=O)NC(C)(C)C(=O)NC(COCc1ccccc1)c1nnc2cccc(COC(=O)C(C)CC(N)=O)n12. The highest BCUT2D eigenvalue weighted by Crippen LogP contribution is 2.20. The van der Waals surface area contributed by atoms with Gasteiger partial charge in [-0.15, -0.1) is 10.2 Å². The minimum absolute atomic E-state index is 0.0329. The summed E-state index contributed by atoms with van der Waals surface area (Å²) in [7, 11) is 0. The molecule has 3 amide bonds. The van der Waals surface area contributed by atoms with Crippen LogP contribution in [0.15, 0.2) is 62.2 Å². The molecule has 0 bridgehead atoms. The van der Waals surface area contributed by atoms with Crippen molar-refractivity contribution in [3.63, 3.8) is 0 Å². The minimum atomic E-state index is -1.50. The number of pyridine rings is 1. The Bertz CT molecular complexity index is 1780. The maximum Gasteiger partial charge on any atom is 0.519 e. The molecule has 3 heterocycles. The number of nitrogens with one attached hydrogen (secondary N) is 2. The third-order valence-corrected chi connectivity index (χ3v) is 6.97. The molecular formula is C31H36N6O10. The van der Waals surface area contributed by atoms with Crippen LogP contribution in [0.5, 0.6) is 0 Å². The van der Waals surface area contributed by atoms with Gasteiger partial charge in [-0.05, 0) is 38.5 Å². The van der Waals surface area contributed by atoms with Gasteiger partial charge in [-0.2, -0.15) is 0 Å². The first kappa shape index (κ1) is 34.4. The minimum Gasteiger partial charge on any atom is -0.459 e. The van der Waals surface area contributed by atoms with Crippen molar-refractivity contribution in [2.45, 2.75) is 65.5 Å². The van der Waals surface area contributed by atoms with E-state index < -0.39 is 53.8 Å². The number of amides is 3. The molecule has 0 radical (unpaired) electrons. The molecule has 4 N–H and O–H groups in total. The van der Waals surface area contributed by atoms with Crippen LogP contribution in [0.2, 0.25) is 0 Å². The average molecular weight is 653 g/mol. The van der Waals surface area contributed by atoms with Crippen molar-refractivity contribution in [1.82, 2.24) is 25.2 Å². The maximum absolute atomic E-state index is 13.6. The van der Waals surface area contributed by atoms with Crippen molar-refractivity contribution < 1.29 is 42.2 Å². The summed E-state index contributed by atoms with van der Waals surface area (Å²) in [6.07, 6.45) is -1.11. The zero-order valence-electron chi connectivity index (χ0n) is 26.3. The summed E-state index contributed by atoms with van der Waals surface area (Å²) >= 11 is 0. The van der Waals surface area contributed by atoms with Gasteiger partial charge in [0.05, 0.1) is 24.8 Å². The van der Waals surface area contributed by atoms with Gasteiger partial charge >= 0.3 is 17.9 Å². The predicted molar refractivity (Wildman–Crippen MR) is 162 cm³/mol. The summed E-state index contributed by atoms with van der Waals surface area (Å²) < 4.78 is 27.7. The number of primary amides is 1. The lowest BCUT2D eigenvalue weighted by atomic mass is 10.0. The van der Waals surface area contributed by atoms with E-state index in [1.807, 2.05) is 30.3 Å². The standard InChI is InChI=1S/C31H36N6O10/c1-18(13-24(32)38)27(39)44-15-21-11-8-12-25-35-36-26(37(21)25)22(16-43-14-20-9-6-5-7-10-20)33-28(40)31(3,4)34-29(41)45-17-23-19(2)46-30(42)47-23/h5-12,18,22H,13-17H2,1-4H3,(H2,32,38)(H,33,40)(H,34,41). The lowest BCUT2D eigenvalue weighted by Crippen LogP contribution is -2.55. The molecule has 2 unspecified atom stereocenters. The van der Waals surface area contributed by atoms with E-state index in [1.54, 1.807) is 22.6 Å². The summed E-state index contributed by atoms with van der Waals surface area (Å²) in [4.78, 5) is 61.2. The molecule has 4 rings (SSSR count). The summed E-state index contributed by atoms with van der Waals surface area (Å²) in [5.74, 6) is -3.07. The number of alkyl carbamates (subject to hydrolysis) is 1. The van der Waals surface area contributed by atoms with Crippen LogP contribution in [0, 0.1) is 12.8 Å². The molecule has 0 aliphatic rings. The molecule has 1 aromatic carbocycles. The number of carbonyl (C=O) groups excluding carboxylic acids is 4. The first-order valence-corrected chi connectivity index (χ1v) is 14.6. The topological polar surface area (TPSA) is 220 Å². The Labute approximate surface area is 268 Å². The van der Waals surface area contributed by atoms with Crippen LogP contribution in [0.1, 0.15) is 61.8 Å². The van der Waals surface area contributed by atoms with Crippen LogP contribution in [0.4, 0.5) is 4.79 Å². The highest BCUT2D eigenvalue weighted by Gasteiger charge is 2.34. The van der Waals surface area contributed by atoms with Crippen molar-refractivity contribution in [2.75, 3.05) is 6.61 Å². The zero-order chi connectivity index (χ0) is 34.1. The van der Waals surface area contributed by atoms with Gasteiger partial charge in [0.2, 0.25) is 11.8 Å². The maximum atomic E-state index is 13.6. The number of hydrogen-bond donors (Lipinski definition) is 3. The van der Waals surface area contributed by atoms with Crippen LogP contribution in [-0.4, -0.2) is 50.6 Å². The Hall–Kier alpha value is -5.51. The number of rotatable bonds is 15. The van der Waals surface area contributed by atoms with Crippen molar-refractivity contribution in [1.29, 1.82) is 0 Å². The fraction of sp³-hybridized carbons (Fsp3) is 0.387. The first-order valence-electron chi connectivity index (χ1n) is 14.6. The Morgan fingerprint density at radius 2 is 1.72 bits per heavy atom. The monoisotopic (exact) mass is 652 g/mol. The number of ether oxygens (including phenoxy) is 3. The number of aryl methyl sites for hydroxylation is 1. The molecule has 0 spiro atoms. The second-order valence-corrected chi connectivity index (χ2v) is 11.2. The number of benzene rings is 1. The second kappa shape index (κ2) is 15.2. The molecule has 0 saturated heterocycles. The molecule has 0 aliphatic heterocycles. The fourth-order valence-electron chi connectivity index (χ4n) is 4.42. The van der Waals surface area contributed by atoms with Gasteiger partial charge in [0.1, 0.15) is 18.2 Å². The molecule has 0 saturated carbocycles. The summed E-state index contributed by atoms with van der Waals surface area (Å²) in [6.45, 7) is 5.54. The van der Waals surface area contributed by atoms with Gasteiger partial charge in [0.25, 0.3) is 0 Å². The molecule has 0 aliphatic carbocycles. The molecule has 47 heavy (non-hydrogen) atoms. The number of esters is 1. The predicted octanol–water partition coefficient (Wildman–Crippen LogP) is 2.22. The molecule has 250 valence electrons. The van der Waals surface area contributed by atoms with Crippen molar-refractivity contribution in [2.24, 2.45) is 11.7 Å². The number of carbonyl (C=O) groups is 4. The number of fused-ring (bicyclic) bond motifs is 1. The second-order valence-electron chi connectivity index (χ2n) is 11.2. The van der Waals surface area contributed by atoms with Gasteiger partial charge in [-0.1, -0.05) is 43.3 Å². The van der Waals surface area contributed by atoms with E-state index in [9.17, 15) is 24.0 Å². The highest BCUT2D eigenvalue weighted by molar-refractivity contribution is 5.89. The lowest BCUT2D eigenvalue weighted by molar-refractivity contribution is -0.150. The lowest BCUT2D eigenvalue weighted by Gasteiger charge is -2.27. The van der Waals surface area contributed by atoms with Crippen molar-refractivity contribution in [3.05, 3.63) is 87.8 Å². The van der Waals surface area contributed by atoms with E-state index in [-0.39, 0.29) is 43.6 Å². The van der Waals surface area contributed by atoms with Crippen LogP contribution < -0.4 is 22.2 Å². The molecule has 4 aromatic rings. The van der Waals surface area contributed by atoms with E-state index in [0.29, 0.717) is 11.3 Å². The summed E-state index contributed by atoms with van der Waals surface area (Å²) in [6, 6.07) is 13.6. The summed E-state index contributed by atoms with van der Waals surface area (Å²) in [5, 5.41) is 13.9. The molecule has 2 atom stereocenters. The highest BCUT2D eigenvalue weighted by atomic mass is 16.6. The van der Waals surface area contributed by atoms with E-state index >= 15 is 0 Å². The van der Waals surface area contributed by atoms with E-state index in [4.69, 9.17) is 28.8 Å². The largest absolute Gasteiger partial charge is 0.519 e. The van der Waals surface area contributed by atoms with Crippen LogP contribution in [0.25, 0.3) is 5.65 Å². The molecular weight excluding hydrogens is 616 g/mol. The zero-order valence-corrected chi connectivity index (χ0v) is 26.3. The quantitative estimate of drug-likeness (QED) is 0.157. The van der Waals surface area contributed by atoms with Crippen LogP contribution in [0.3, 0.4) is 0 Å². The molecule has 16 heteroatoms. The Kier molecular flexibility index (Phi) is 11.1. The Balaban J connectivity index is 1.53. The Morgan fingerprint density at radius 1 is 0.979 bits per heavy atom. The van der Waals surface area contributed by atoms with Gasteiger partial charge in [-0.3, -0.25) is 18.8 Å². The van der Waals surface area contributed by atoms with E-state index in [2.05, 4.69) is 20.8 Å². The third-order valence-electron chi connectivity index (χ3n) is 6.97. The van der Waals surface area contributed by atoms with Gasteiger partial charge in [0, 0.05) is 6.42 Å².